The van der Waals surface area contributed by atoms with Crippen LogP contribution in [0.3, 0.4) is 0 Å². The van der Waals surface area contributed by atoms with E-state index in [4.69, 9.17) is 5.73 Å². The van der Waals surface area contributed by atoms with Gasteiger partial charge in [-0.25, -0.2) is 4.39 Å². The maximum absolute atomic E-state index is 13.0. The predicted molar refractivity (Wildman–Crippen MR) is 84.4 cm³/mol. The Kier molecular flexibility index (Phi) is 4.38. The van der Waals surface area contributed by atoms with E-state index in [0.717, 1.165) is 11.3 Å². The fourth-order valence-corrected chi connectivity index (χ4v) is 1.84. The van der Waals surface area contributed by atoms with Gasteiger partial charge >= 0.3 is 0 Å². The molecule has 0 fully saturated rings. The molecule has 0 aromatic heterocycles. The van der Waals surface area contributed by atoms with Crippen LogP contribution in [0.2, 0.25) is 0 Å². The van der Waals surface area contributed by atoms with Crippen LogP contribution >= 0.6 is 0 Å². The second-order valence-corrected chi connectivity index (χ2v) is 4.90. The molecular formula is C17H17FN2O. The van der Waals surface area contributed by atoms with Crippen LogP contribution in [-0.4, -0.2) is 5.91 Å². The number of nitrogens with one attached hydrogen (secondary N) is 1. The van der Waals surface area contributed by atoms with E-state index in [-0.39, 0.29) is 11.6 Å². The molecule has 0 aliphatic carbocycles. The Morgan fingerprint density at radius 3 is 2.57 bits per heavy atom. The molecule has 0 unspecified atom stereocenters. The van der Waals surface area contributed by atoms with E-state index in [1.165, 1.54) is 23.8 Å². The third kappa shape index (κ3) is 3.92. The monoisotopic (exact) mass is 284 g/mol. The van der Waals surface area contributed by atoms with E-state index < -0.39 is 5.82 Å². The summed E-state index contributed by atoms with van der Waals surface area (Å²) >= 11 is 0. The Morgan fingerprint density at radius 2 is 1.90 bits per heavy atom. The Balaban J connectivity index is 2.05. The molecule has 4 heteroatoms. The Labute approximate surface area is 123 Å². The summed E-state index contributed by atoms with van der Waals surface area (Å²) in [5, 5.41) is 2.78. The smallest absolute Gasteiger partial charge is 0.248 e. The van der Waals surface area contributed by atoms with Crippen LogP contribution in [0.25, 0.3) is 6.08 Å². The van der Waals surface area contributed by atoms with E-state index >= 15 is 0 Å². The second kappa shape index (κ2) is 6.22. The number of rotatable bonds is 3. The van der Waals surface area contributed by atoms with Gasteiger partial charge in [0.05, 0.1) is 5.69 Å². The second-order valence-electron chi connectivity index (χ2n) is 4.90. The molecule has 3 N–H and O–H groups in total. The summed E-state index contributed by atoms with van der Waals surface area (Å²) in [6.45, 7) is 4.00. The van der Waals surface area contributed by atoms with Gasteiger partial charge in [0.25, 0.3) is 0 Å². The van der Waals surface area contributed by atoms with Crippen molar-refractivity contribution >= 4 is 23.4 Å². The zero-order chi connectivity index (χ0) is 15.4. The number of aryl methyl sites for hydroxylation is 2. The minimum Gasteiger partial charge on any atom is -0.396 e. The van der Waals surface area contributed by atoms with Crippen molar-refractivity contribution in [2.45, 2.75) is 13.8 Å². The van der Waals surface area contributed by atoms with Gasteiger partial charge in [-0.2, -0.15) is 0 Å². The van der Waals surface area contributed by atoms with Crippen molar-refractivity contribution in [3.8, 4) is 0 Å². The average Bonchev–Trinajstić information content (AvgIpc) is 2.44. The first-order valence-electron chi connectivity index (χ1n) is 6.57. The maximum atomic E-state index is 13.0. The summed E-state index contributed by atoms with van der Waals surface area (Å²) in [5.41, 5.74) is 9.23. The topological polar surface area (TPSA) is 55.1 Å². The number of amides is 1. The van der Waals surface area contributed by atoms with Gasteiger partial charge in [0.1, 0.15) is 5.82 Å². The number of nitrogen functional groups attached to an aromatic ring is 1. The largest absolute Gasteiger partial charge is 0.396 e. The number of halogens is 1. The molecule has 0 atom stereocenters. The van der Waals surface area contributed by atoms with Gasteiger partial charge in [-0.05, 0) is 60.9 Å². The molecule has 0 bridgehead atoms. The van der Waals surface area contributed by atoms with Gasteiger partial charge < -0.3 is 11.1 Å². The molecule has 0 saturated heterocycles. The third-order valence-electron chi connectivity index (χ3n) is 3.22. The van der Waals surface area contributed by atoms with Gasteiger partial charge in [0.2, 0.25) is 5.91 Å². The number of carbonyl (C=O) groups excluding carboxylic acids is 1. The lowest BCUT2D eigenvalue weighted by Gasteiger charge is -2.05. The van der Waals surface area contributed by atoms with Crippen molar-refractivity contribution in [1.29, 1.82) is 0 Å². The highest BCUT2D eigenvalue weighted by Gasteiger charge is 2.01. The Hall–Kier alpha value is -2.62. The molecular weight excluding hydrogens is 267 g/mol. The van der Waals surface area contributed by atoms with Crippen molar-refractivity contribution in [1.82, 2.24) is 0 Å². The number of carbonyl (C=O) groups is 1. The third-order valence-corrected chi connectivity index (χ3v) is 3.22. The number of benzene rings is 2. The zero-order valence-corrected chi connectivity index (χ0v) is 12.0. The molecule has 0 heterocycles. The predicted octanol–water partition coefficient (Wildman–Crippen LogP) is 3.68. The van der Waals surface area contributed by atoms with Crippen LogP contribution in [0.15, 0.2) is 42.5 Å². The summed E-state index contributed by atoms with van der Waals surface area (Å²) in [6.07, 6.45) is 2.98. The molecule has 1 amide bonds. The average molecular weight is 284 g/mol. The number of anilines is 2. The van der Waals surface area contributed by atoms with Gasteiger partial charge in [0, 0.05) is 11.8 Å². The summed E-state index contributed by atoms with van der Waals surface area (Å²) in [6, 6.07) is 10.0. The van der Waals surface area contributed by atoms with E-state index in [0.29, 0.717) is 5.56 Å². The lowest BCUT2D eigenvalue weighted by atomic mass is 10.1. The van der Waals surface area contributed by atoms with Crippen molar-refractivity contribution < 1.29 is 9.18 Å². The summed E-state index contributed by atoms with van der Waals surface area (Å²) < 4.78 is 13.0. The molecule has 0 saturated carbocycles. The van der Waals surface area contributed by atoms with Crippen molar-refractivity contribution in [3.05, 3.63) is 65.0 Å². The SMILES string of the molecule is Cc1ccc(NC(=O)/C=C/c2ccc(F)c(N)c2)cc1C. The number of hydrogen-bond donors (Lipinski definition) is 2. The highest BCUT2D eigenvalue weighted by Crippen LogP contribution is 2.15. The molecule has 0 aliphatic rings. The number of nitrogens with two attached hydrogens (primary N) is 1. The molecule has 0 aliphatic heterocycles. The van der Waals surface area contributed by atoms with Crippen molar-refractivity contribution in [2.24, 2.45) is 0 Å². The fourth-order valence-electron chi connectivity index (χ4n) is 1.84. The highest BCUT2D eigenvalue weighted by molar-refractivity contribution is 6.02. The molecule has 108 valence electrons. The first-order valence-corrected chi connectivity index (χ1v) is 6.57. The lowest BCUT2D eigenvalue weighted by Crippen LogP contribution is -2.07. The van der Waals surface area contributed by atoms with Crippen LogP contribution in [0.1, 0.15) is 16.7 Å². The van der Waals surface area contributed by atoms with Crippen LogP contribution < -0.4 is 11.1 Å². The minimum absolute atomic E-state index is 0.0618. The standard InChI is InChI=1S/C17H17FN2O/c1-11-3-6-14(9-12(11)2)20-17(21)8-5-13-4-7-15(18)16(19)10-13/h3-10H,19H2,1-2H3,(H,20,21)/b8-5+. The Bertz CT molecular complexity index is 708. The Morgan fingerprint density at radius 1 is 1.14 bits per heavy atom. The summed E-state index contributed by atoms with van der Waals surface area (Å²) in [5.74, 6) is -0.715. The summed E-state index contributed by atoms with van der Waals surface area (Å²) in [4.78, 5) is 11.8. The van der Waals surface area contributed by atoms with Gasteiger partial charge in [-0.3, -0.25) is 4.79 Å². The lowest BCUT2D eigenvalue weighted by molar-refractivity contribution is -0.111. The van der Waals surface area contributed by atoms with Crippen LogP contribution in [0, 0.1) is 19.7 Å². The van der Waals surface area contributed by atoms with Crippen molar-refractivity contribution in [3.63, 3.8) is 0 Å². The molecule has 2 aromatic rings. The van der Waals surface area contributed by atoms with Crippen molar-refractivity contribution in [2.75, 3.05) is 11.1 Å². The van der Waals surface area contributed by atoms with E-state index in [9.17, 15) is 9.18 Å². The molecule has 0 spiro atoms. The van der Waals surface area contributed by atoms with Gasteiger partial charge in [-0.15, -0.1) is 0 Å². The van der Waals surface area contributed by atoms with Gasteiger partial charge in [0.15, 0.2) is 0 Å². The van der Waals surface area contributed by atoms with E-state index in [1.807, 2.05) is 32.0 Å². The van der Waals surface area contributed by atoms with E-state index in [2.05, 4.69) is 5.32 Å². The fraction of sp³-hybridized carbons (Fsp3) is 0.118. The molecule has 2 aromatic carbocycles. The van der Waals surface area contributed by atoms with Crippen LogP contribution in [0.4, 0.5) is 15.8 Å². The molecule has 3 nitrogen and oxygen atoms in total. The number of hydrogen-bond acceptors (Lipinski definition) is 2. The molecule has 2 rings (SSSR count). The van der Waals surface area contributed by atoms with Crippen LogP contribution in [0.5, 0.6) is 0 Å². The first-order chi connectivity index (χ1) is 9.95. The summed E-state index contributed by atoms with van der Waals surface area (Å²) in [7, 11) is 0. The molecule has 21 heavy (non-hydrogen) atoms. The minimum atomic E-state index is -0.466. The first kappa shape index (κ1) is 14.8. The van der Waals surface area contributed by atoms with Crippen LogP contribution in [-0.2, 0) is 4.79 Å². The maximum Gasteiger partial charge on any atom is 0.248 e. The normalized spacial score (nSPS) is 10.8. The quantitative estimate of drug-likeness (QED) is 0.667. The van der Waals surface area contributed by atoms with Gasteiger partial charge in [-0.1, -0.05) is 12.1 Å². The zero-order valence-electron chi connectivity index (χ0n) is 12.0. The highest BCUT2D eigenvalue weighted by atomic mass is 19.1. The van der Waals surface area contributed by atoms with E-state index in [1.54, 1.807) is 12.1 Å². The molecule has 0 radical (unpaired) electrons.